The minimum Gasteiger partial charge on any atom is -0.464 e. The second kappa shape index (κ2) is 5.55. The van der Waals surface area contributed by atoms with Crippen molar-refractivity contribution in [2.75, 3.05) is 0 Å². The average Bonchev–Trinajstić information content (AvgIpc) is 2.81. The lowest BCUT2D eigenvalue weighted by molar-refractivity contribution is 0.432. The van der Waals surface area contributed by atoms with Crippen LogP contribution in [0, 0.1) is 5.82 Å². The van der Waals surface area contributed by atoms with Crippen molar-refractivity contribution in [2.24, 2.45) is 5.73 Å². The average molecular weight is 268 g/mol. The maximum absolute atomic E-state index is 13.6. The maximum atomic E-state index is 13.6. The van der Waals surface area contributed by atoms with E-state index < -0.39 is 0 Å². The molecule has 1 unspecified atom stereocenters. The Bertz CT molecular complexity index is 538. The molecule has 18 heavy (non-hydrogen) atoms. The molecule has 0 bridgehead atoms. The first-order chi connectivity index (χ1) is 8.60. The molecule has 4 heteroatoms. The zero-order valence-corrected chi connectivity index (χ0v) is 10.9. The molecule has 0 aliphatic carbocycles. The van der Waals surface area contributed by atoms with Gasteiger partial charge in [-0.25, -0.2) is 4.39 Å². The lowest BCUT2D eigenvalue weighted by atomic mass is 10.0. The van der Waals surface area contributed by atoms with Gasteiger partial charge in [0.25, 0.3) is 0 Å². The highest BCUT2D eigenvalue weighted by atomic mass is 35.5. The van der Waals surface area contributed by atoms with E-state index in [4.69, 9.17) is 21.8 Å². The summed E-state index contributed by atoms with van der Waals surface area (Å²) < 4.78 is 19.2. The topological polar surface area (TPSA) is 39.2 Å². The molecule has 0 spiro atoms. The lowest BCUT2D eigenvalue weighted by Crippen LogP contribution is -2.13. The number of nitrogens with two attached hydrogens (primary N) is 1. The zero-order valence-electron chi connectivity index (χ0n) is 10.1. The fourth-order valence-corrected chi connectivity index (χ4v) is 1.97. The number of hydrogen-bond donors (Lipinski definition) is 1. The number of benzene rings is 1. The Morgan fingerprint density at radius 1 is 1.33 bits per heavy atom. The Morgan fingerprint density at radius 3 is 2.72 bits per heavy atom. The normalized spacial score (nSPS) is 12.7. The Hall–Kier alpha value is -1.32. The number of aryl methyl sites for hydroxylation is 1. The highest BCUT2D eigenvalue weighted by Crippen LogP contribution is 2.22. The molecule has 1 aromatic carbocycles. The van der Waals surface area contributed by atoms with Crippen molar-refractivity contribution in [3.05, 3.63) is 58.3 Å². The summed E-state index contributed by atoms with van der Waals surface area (Å²) in [6, 6.07) is 8.00. The summed E-state index contributed by atoms with van der Waals surface area (Å²) >= 11 is 5.70. The number of rotatable bonds is 4. The molecule has 0 aliphatic rings. The second-order valence-electron chi connectivity index (χ2n) is 4.20. The van der Waals surface area contributed by atoms with Crippen LogP contribution in [0.3, 0.4) is 0 Å². The van der Waals surface area contributed by atoms with E-state index in [2.05, 4.69) is 0 Å². The standard InChI is InChI=1S/C14H15ClFNO/c1-2-11-5-6-14(18-11)13(17)7-9-3-4-10(15)8-12(9)16/h3-6,8,13H,2,7,17H2,1H3. The van der Waals surface area contributed by atoms with E-state index in [-0.39, 0.29) is 11.9 Å². The Balaban J connectivity index is 2.13. The number of hydrogen-bond acceptors (Lipinski definition) is 2. The van der Waals surface area contributed by atoms with Gasteiger partial charge in [-0.2, -0.15) is 0 Å². The van der Waals surface area contributed by atoms with Gasteiger partial charge in [-0.3, -0.25) is 0 Å². The molecule has 96 valence electrons. The molecule has 0 aliphatic heterocycles. The Labute approximate surface area is 111 Å². The molecule has 0 fully saturated rings. The maximum Gasteiger partial charge on any atom is 0.127 e. The molecule has 0 saturated heterocycles. The largest absolute Gasteiger partial charge is 0.464 e. The molecule has 0 amide bonds. The monoisotopic (exact) mass is 267 g/mol. The first kappa shape index (κ1) is 13.1. The Morgan fingerprint density at radius 2 is 2.11 bits per heavy atom. The van der Waals surface area contributed by atoms with Crippen LogP contribution in [0.1, 0.15) is 30.0 Å². The first-order valence-corrected chi connectivity index (χ1v) is 6.26. The van der Waals surface area contributed by atoms with Crippen molar-refractivity contribution in [1.29, 1.82) is 0 Å². The van der Waals surface area contributed by atoms with E-state index >= 15 is 0 Å². The van der Waals surface area contributed by atoms with Crippen molar-refractivity contribution in [1.82, 2.24) is 0 Å². The van der Waals surface area contributed by atoms with E-state index in [0.717, 1.165) is 12.2 Å². The molecule has 1 aromatic heterocycles. The van der Waals surface area contributed by atoms with Gasteiger partial charge in [0.15, 0.2) is 0 Å². The van der Waals surface area contributed by atoms with Crippen molar-refractivity contribution in [3.8, 4) is 0 Å². The van der Waals surface area contributed by atoms with Crippen molar-refractivity contribution >= 4 is 11.6 Å². The predicted molar refractivity (Wildman–Crippen MR) is 70.1 cm³/mol. The van der Waals surface area contributed by atoms with Crippen molar-refractivity contribution in [2.45, 2.75) is 25.8 Å². The van der Waals surface area contributed by atoms with Crippen LogP contribution in [0.5, 0.6) is 0 Å². The van der Waals surface area contributed by atoms with E-state index in [0.29, 0.717) is 22.8 Å². The number of furan rings is 1. The SMILES string of the molecule is CCc1ccc(C(N)Cc2ccc(Cl)cc2F)o1. The van der Waals surface area contributed by atoms with E-state index in [1.54, 1.807) is 12.1 Å². The zero-order chi connectivity index (χ0) is 13.1. The summed E-state index contributed by atoms with van der Waals surface area (Å²) in [6.45, 7) is 2.01. The van der Waals surface area contributed by atoms with Gasteiger partial charge in [0.2, 0.25) is 0 Å². The van der Waals surface area contributed by atoms with Crippen LogP contribution in [0.15, 0.2) is 34.7 Å². The fourth-order valence-electron chi connectivity index (χ4n) is 1.81. The molecule has 2 nitrogen and oxygen atoms in total. The molecule has 0 radical (unpaired) electrons. The fraction of sp³-hybridized carbons (Fsp3) is 0.286. The van der Waals surface area contributed by atoms with Crippen molar-refractivity contribution in [3.63, 3.8) is 0 Å². The van der Waals surface area contributed by atoms with Gasteiger partial charge >= 0.3 is 0 Å². The predicted octanol–water partition coefficient (Wildman–Crippen LogP) is 3.88. The minimum absolute atomic E-state index is 0.333. The molecule has 1 atom stereocenters. The van der Waals surface area contributed by atoms with Gasteiger partial charge in [-0.1, -0.05) is 24.6 Å². The third-order valence-electron chi connectivity index (χ3n) is 2.85. The van der Waals surface area contributed by atoms with Crippen molar-refractivity contribution < 1.29 is 8.81 Å². The van der Waals surface area contributed by atoms with Gasteiger partial charge < -0.3 is 10.2 Å². The van der Waals surface area contributed by atoms with E-state index in [1.807, 2.05) is 19.1 Å². The first-order valence-electron chi connectivity index (χ1n) is 5.88. The Kier molecular flexibility index (Phi) is 4.04. The van der Waals surface area contributed by atoms with Crippen LogP contribution >= 0.6 is 11.6 Å². The molecule has 2 rings (SSSR count). The second-order valence-corrected chi connectivity index (χ2v) is 4.64. The van der Waals surface area contributed by atoms with Gasteiger partial charge in [0.1, 0.15) is 17.3 Å². The molecular weight excluding hydrogens is 253 g/mol. The van der Waals surface area contributed by atoms with Crippen LogP contribution in [0.2, 0.25) is 5.02 Å². The summed E-state index contributed by atoms with van der Waals surface area (Å²) in [5.41, 5.74) is 6.55. The third-order valence-corrected chi connectivity index (χ3v) is 3.09. The van der Waals surface area contributed by atoms with Gasteiger partial charge in [0.05, 0.1) is 6.04 Å². The molecule has 2 aromatic rings. The summed E-state index contributed by atoms with van der Waals surface area (Å²) in [6.07, 6.45) is 1.21. The third kappa shape index (κ3) is 2.92. The van der Waals surface area contributed by atoms with Crippen LogP contribution in [-0.4, -0.2) is 0 Å². The lowest BCUT2D eigenvalue weighted by Gasteiger charge is -2.10. The quantitative estimate of drug-likeness (QED) is 0.913. The van der Waals surface area contributed by atoms with Gasteiger partial charge in [-0.15, -0.1) is 0 Å². The molecule has 1 heterocycles. The van der Waals surface area contributed by atoms with Crippen LogP contribution in [0.25, 0.3) is 0 Å². The molecule has 0 saturated carbocycles. The van der Waals surface area contributed by atoms with Gasteiger partial charge in [-0.05, 0) is 36.2 Å². The molecular formula is C14H15ClFNO. The summed E-state index contributed by atoms with van der Waals surface area (Å²) in [4.78, 5) is 0. The summed E-state index contributed by atoms with van der Waals surface area (Å²) in [5, 5.41) is 0.385. The smallest absolute Gasteiger partial charge is 0.127 e. The van der Waals surface area contributed by atoms with Gasteiger partial charge in [0, 0.05) is 11.4 Å². The van der Waals surface area contributed by atoms with Crippen LogP contribution in [0.4, 0.5) is 4.39 Å². The summed E-state index contributed by atoms with van der Waals surface area (Å²) in [7, 11) is 0. The van der Waals surface area contributed by atoms with E-state index in [1.165, 1.54) is 6.07 Å². The number of halogens is 2. The highest BCUT2D eigenvalue weighted by Gasteiger charge is 2.14. The molecule has 2 N–H and O–H groups in total. The van der Waals surface area contributed by atoms with Crippen LogP contribution < -0.4 is 5.73 Å². The van der Waals surface area contributed by atoms with E-state index in [9.17, 15) is 4.39 Å². The van der Waals surface area contributed by atoms with Crippen LogP contribution in [-0.2, 0) is 12.8 Å². The summed E-state index contributed by atoms with van der Waals surface area (Å²) in [5.74, 6) is 1.23. The highest BCUT2D eigenvalue weighted by molar-refractivity contribution is 6.30. The minimum atomic E-state index is -0.346.